The number of halogens is 3. The number of carbonyl (C=O) groups excluding carboxylic acids is 1. The predicted molar refractivity (Wildman–Crippen MR) is 108 cm³/mol. The average Bonchev–Trinajstić information content (AvgIpc) is 3.07. The molecule has 1 N–H and O–H groups in total. The Balaban J connectivity index is 1.69. The standard InChI is InChI=1S/C19H11Cl3N4O/c20-11-6-7-14(21)13(8-11)19(27)23-16-10-18-17(9-15(16)22)24-26(25-18)12-4-2-1-3-5-12/h1-10H,(H,23,27). The Morgan fingerprint density at radius 2 is 1.56 bits per heavy atom. The van der Waals surface area contributed by atoms with Crippen molar-refractivity contribution in [2.45, 2.75) is 0 Å². The highest BCUT2D eigenvalue weighted by Gasteiger charge is 2.15. The number of hydrogen-bond donors (Lipinski definition) is 1. The van der Waals surface area contributed by atoms with Gasteiger partial charge in [0.05, 0.1) is 27.0 Å². The summed E-state index contributed by atoms with van der Waals surface area (Å²) in [6.45, 7) is 0. The van der Waals surface area contributed by atoms with Gasteiger partial charge in [-0.2, -0.15) is 4.80 Å². The van der Waals surface area contributed by atoms with Gasteiger partial charge in [0, 0.05) is 5.02 Å². The molecule has 8 heteroatoms. The molecule has 27 heavy (non-hydrogen) atoms. The topological polar surface area (TPSA) is 59.8 Å². The second-order valence-electron chi connectivity index (χ2n) is 5.72. The molecular formula is C19H11Cl3N4O. The van der Waals surface area contributed by atoms with Gasteiger partial charge in [-0.3, -0.25) is 4.79 Å². The maximum Gasteiger partial charge on any atom is 0.257 e. The summed E-state index contributed by atoms with van der Waals surface area (Å²) in [6, 6.07) is 17.5. The van der Waals surface area contributed by atoms with Gasteiger partial charge in [0.25, 0.3) is 5.91 Å². The molecule has 0 bridgehead atoms. The Morgan fingerprint density at radius 3 is 2.30 bits per heavy atom. The molecule has 0 radical (unpaired) electrons. The van der Waals surface area contributed by atoms with Crippen LogP contribution in [0.5, 0.6) is 0 Å². The zero-order chi connectivity index (χ0) is 19.0. The minimum absolute atomic E-state index is 0.258. The molecule has 0 aliphatic carbocycles. The van der Waals surface area contributed by atoms with E-state index >= 15 is 0 Å². The van der Waals surface area contributed by atoms with Crippen molar-refractivity contribution in [2.24, 2.45) is 0 Å². The SMILES string of the molecule is O=C(Nc1cc2nn(-c3ccccc3)nc2cc1Cl)c1cc(Cl)ccc1Cl. The van der Waals surface area contributed by atoms with Crippen LogP contribution in [0.4, 0.5) is 5.69 Å². The molecule has 5 nitrogen and oxygen atoms in total. The molecule has 0 aliphatic rings. The van der Waals surface area contributed by atoms with Crippen molar-refractivity contribution >= 4 is 57.4 Å². The van der Waals surface area contributed by atoms with Gasteiger partial charge in [-0.25, -0.2) is 0 Å². The van der Waals surface area contributed by atoms with Crippen molar-refractivity contribution in [1.29, 1.82) is 0 Å². The molecule has 4 aromatic rings. The minimum atomic E-state index is -0.417. The first-order valence-corrected chi connectivity index (χ1v) is 9.03. The van der Waals surface area contributed by atoms with Crippen molar-refractivity contribution < 1.29 is 4.79 Å². The van der Waals surface area contributed by atoms with Crippen LogP contribution in [-0.2, 0) is 0 Å². The van der Waals surface area contributed by atoms with Gasteiger partial charge >= 0.3 is 0 Å². The number of aromatic nitrogens is 3. The molecule has 0 spiro atoms. The van der Waals surface area contributed by atoms with Crippen LogP contribution < -0.4 is 5.32 Å². The van der Waals surface area contributed by atoms with Crippen molar-refractivity contribution in [1.82, 2.24) is 15.0 Å². The summed E-state index contributed by atoms with van der Waals surface area (Å²) >= 11 is 18.3. The summed E-state index contributed by atoms with van der Waals surface area (Å²) in [5.74, 6) is -0.417. The summed E-state index contributed by atoms with van der Waals surface area (Å²) in [5, 5.41) is 12.7. The zero-order valence-corrected chi connectivity index (χ0v) is 15.9. The number of hydrogen-bond acceptors (Lipinski definition) is 3. The molecule has 134 valence electrons. The third-order valence-corrected chi connectivity index (χ3v) is 4.75. The second-order valence-corrected chi connectivity index (χ2v) is 6.97. The molecule has 0 saturated heterocycles. The molecule has 0 saturated carbocycles. The van der Waals surface area contributed by atoms with Gasteiger partial charge < -0.3 is 5.32 Å². The number of nitrogens with zero attached hydrogens (tertiary/aromatic N) is 3. The van der Waals surface area contributed by atoms with Crippen LogP contribution in [0.15, 0.2) is 60.7 Å². The molecule has 1 heterocycles. The number of rotatable bonds is 3. The number of carbonyl (C=O) groups is 1. The largest absolute Gasteiger partial charge is 0.321 e. The quantitative estimate of drug-likeness (QED) is 0.470. The van der Waals surface area contributed by atoms with Gasteiger partial charge in [0.15, 0.2) is 0 Å². The van der Waals surface area contributed by atoms with E-state index in [4.69, 9.17) is 34.8 Å². The molecular weight excluding hydrogens is 407 g/mol. The average molecular weight is 418 g/mol. The number of benzene rings is 3. The van der Waals surface area contributed by atoms with E-state index in [1.807, 2.05) is 30.3 Å². The second kappa shape index (κ2) is 7.19. The van der Waals surface area contributed by atoms with Crippen LogP contribution in [0, 0.1) is 0 Å². The van der Waals surface area contributed by atoms with E-state index in [1.54, 1.807) is 24.3 Å². The molecule has 4 rings (SSSR count). The van der Waals surface area contributed by atoms with Gasteiger partial charge in [0.2, 0.25) is 0 Å². The van der Waals surface area contributed by atoms with Crippen LogP contribution in [0.25, 0.3) is 16.7 Å². The molecule has 0 fully saturated rings. The predicted octanol–water partition coefficient (Wildman–Crippen LogP) is 5.63. The number of amides is 1. The molecule has 1 amide bonds. The molecule has 1 aromatic heterocycles. The smallest absolute Gasteiger partial charge is 0.257 e. The van der Waals surface area contributed by atoms with Gasteiger partial charge in [0.1, 0.15) is 11.0 Å². The molecule has 0 aliphatic heterocycles. The number of para-hydroxylation sites is 1. The van der Waals surface area contributed by atoms with Crippen LogP contribution in [0.2, 0.25) is 15.1 Å². The lowest BCUT2D eigenvalue weighted by Crippen LogP contribution is -2.12. The van der Waals surface area contributed by atoms with E-state index in [2.05, 4.69) is 15.5 Å². The Bertz CT molecular complexity index is 1160. The van der Waals surface area contributed by atoms with Crippen molar-refractivity contribution in [2.75, 3.05) is 5.32 Å². The number of anilines is 1. The van der Waals surface area contributed by atoms with Gasteiger partial charge in [-0.05, 0) is 42.5 Å². The van der Waals surface area contributed by atoms with Crippen LogP contribution in [-0.4, -0.2) is 20.9 Å². The summed E-state index contributed by atoms with van der Waals surface area (Å²) in [5.41, 5.74) is 2.69. The third-order valence-electron chi connectivity index (χ3n) is 3.88. The highest BCUT2D eigenvalue weighted by atomic mass is 35.5. The first-order valence-electron chi connectivity index (χ1n) is 7.90. The number of fused-ring (bicyclic) bond motifs is 1. The maximum atomic E-state index is 12.5. The van der Waals surface area contributed by atoms with E-state index in [0.29, 0.717) is 31.8 Å². The van der Waals surface area contributed by atoms with Crippen LogP contribution in [0.1, 0.15) is 10.4 Å². The highest BCUT2D eigenvalue weighted by Crippen LogP contribution is 2.28. The van der Waals surface area contributed by atoms with Gasteiger partial charge in [-0.1, -0.05) is 53.0 Å². The lowest BCUT2D eigenvalue weighted by atomic mass is 10.2. The van der Waals surface area contributed by atoms with E-state index in [-0.39, 0.29) is 5.56 Å². The lowest BCUT2D eigenvalue weighted by Gasteiger charge is -2.08. The first kappa shape index (κ1) is 17.8. The molecule has 0 unspecified atom stereocenters. The fourth-order valence-electron chi connectivity index (χ4n) is 2.57. The minimum Gasteiger partial charge on any atom is -0.321 e. The summed E-state index contributed by atoms with van der Waals surface area (Å²) in [6.07, 6.45) is 0. The molecule has 0 atom stereocenters. The van der Waals surface area contributed by atoms with E-state index in [9.17, 15) is 4.79 Å². The van der Waals surface area contributed by atoms with Crippen molar-refractivity contribution in [3.05, 3.63) is 81.3 Å². The van der Waals surface area contributed by atoms with Crippen molar-refractivity contribution in [3.8, 4) is 5.69 Å². The first-order chi connectivity index (χ1) is 13.0. The normalized spacial score (nSPS) is 10.9. The monoisotopic (exact) mass is 416 g/mol. The van der Waals surface area contributed by atoms with Crippen LogP contribution >= 0.6 is 34.8 Å². The Hall–Kier alpha value is -2.60. The van der Waals surface area contributed by atoms with E-state index < -0.39 is 5.91 Å². The summed E-state index contributed by atoms with van der Waals surface area (Å²) in [7, 11) is 0. The zero-order valence-electron chi connectivity index (χ0n) is 13.7. The van der Waals surface area contributed by atoms with Crippen LogP contribution in [0.3, 0.4) is 0 Å². The number of nitrogens with one attached hydrogen (secondary N) is 1. The Kier molecular flexibility index (Phi) is 4.74. The van der Waals surface area contributed by atoms with Gasteiger partial charge in [-0.15, -0.1) is 10.2 Å². The third kappa shape index (κ3) is 3.62. The summed E-state index contributed by atoms with van der Waals surface area (Å²) in [4.78, 5) is 14.1. The molecule has 3 aromatic carbocycles. The van der Waals surface area contributed by atoms with E-state index in [1.165, 1.54) is 10.9 Å². The fourth-order valence-corrected chi connectivity index (χ4v) is 3.15. The summed E-state index contributed by atoms with van der Waals surface area (Å²) < 4.78 is 0. The highest BCUT2D eigenvalue weighted by molar-refractivity contribution is 6.37. The van der Waals surface area contributed by atoms with Crippen molar-refractivity contribution in [3.63, 3.8) is 0 Å². The van der Waals surface area contributed by atoms with E-state index in [0.717, 1.165) is 5.69 Å². The maximum absolute atomic E-state index is 12.5. The Morgan fingerprint density at radius 1 is 0.852 bits per heavy atom. The Labute approximate surface area is 169 Å². The lowest BCUT2D eigenvalue weighted by molar-refractivity contribution is 0.102. The fraction of sp³-hybridized carbons (Fsp3) is 0.